The largest absolute Gasteiger partial charge is 0.356 e. The Labute approximate surface area is 117 Å². The summed E-state index contributed by atoms with van der Waals surface area (Å²) in [6, 6.07) is 1.99. The topological polar surface area (TPSA) is 44.3 Å². The van der Waals surface area contributed by atoms with Gasteiger partial charge in [0.2, 0.25) is 5.95 Å². The van der Waals surface area contributed by atoms with Crippen LogP contribution in [0.5, 0.6) is 0 Å². The summed E-state index contributed by atoms with van der Waals surface area (Å²) in [7, 11) is 4.12. The quantitative estimate of drug-likeness (QED) is 0.740. The van der Waals surface area contributed by atoms with Gasteiger partial charge in [-0.15, -0.1) is 0 Å². The molecule has 1 N–H and O–H groups in total. The Bertz CT molecular complexity index is 347. The number of anilines is 2. The van der Waals surface area contributed by atoms with Crippen LogP contribution in [0.2, 0.25) is 0 Å². The van der Waals surface area contributed by atoms with E-state index in [1.54, 1.807) is 0 Å². The molecule has 0 aliphatic heterocycles. The summed E-state index contributed by atoms with van der Waals surface area (Å²) in [6.07, 6.45) is 4.10. The number of aromatic nitrogens is 2. The van der Waals surface area contributed by atoms with Crippen LogP contribution in [0, 0.1) is 0 Å². The van der Waals surface area contributed by atoms with Crippen molar-refractivity contribution in [3.05, 3.63) is 12.3 Å². The van der Waals surface area contributed by atoms with Gasteiger partial charge in [-0.1, -0.05) is 13.8 Å². The summed E-state index contributed by atoms with van der Waals surface area (Å²) < 4.78 is 0. The predicted octanol–water partition coefficient (Wildman–Crippen LogP) is 2.08. The van der Waals surface area contributed by atoms with Crippen LogP contribution < -0.4 is 10.2 Å². The van der Waals surface area contributed by atoms with Gasteiger partial charge < -0.3 is 15.1 Å². The first kappa shape index (κ1) is 15.7. The summed E-state index contributed by atoms with van der Waals surface area (Å²) in [4.78, 5) is 13.3. The van der Waals surface area contributed by atoms with Gasteiger partial charge in [-0.25, -0.2) is 4.98 Å². The zero-order valence-corrected chi connectivity index (χ0v) is 12.7. The van der Waals surface area contributed by atoms with E-state index in [9.17, 15) is 0 Å². The zero-order chi connectivity index (χ0) is 14.1. The van der Waals surface area contributed by atoms with Crippen molar-refractivity contribution in [2.75, 3.05) is 50.5 Å². The van der Waals surface area contributed by atoms with Crippen LogP contribution in [-0.2, 0) is 0 Å². The van der Waals surface area contributed by atoms with Gasteiger partial charge in [0.15, 0.2) is 0 Å². The smallest absolute Gasteiger partial charge is 0.224 e. The van der Waals surface area contributed by atoms with Crippen molar-refractivity contribution in [1.82, 2.24) is 14.9 Å². The molecule has 1 rings (SSSR count). The minimum Gasteiger partial charge on any atom is -0.356 e. The van der Waals surface area contributed by atoms with Crippen molar-refractivity contribution < 1.29 is 0 Å². The van der Waals surface area contributed by atoms with Gasteiger partial charge in [-0.3, -0.25) is 0 Å². The molecule has 0 amide bonds. The zero-order valence-electron chi connectivity index (χ0n) is 12.7. The Morgan fingerprint density at radius 1 is 1.11 bits per heavy atom. The standard InChI is InChI=1S/C14H27N5/c1-5-10-19(11-6-2)13-7-8-15-14(17-13)16-9-12-18(3)4/h7-8H,5-6,9-12H2,1-4H3,(H,15,16,17). The van der Waals surface area contributed by atoms with E-state index < -0.39 is 0 Å². The molecule has 0 fully saturated rings. The van der Waals surface area contributed by atoms with E-state index in [4.69, 9.17) is 0 Å². The van der Waals surface area contributed by atoms with Crippen molar-refractivity contribution in [2.24, 2.45) is 0 Å². The lowest BCUT2D eigenvalue weighted by Gasteiger charge is -2.22. The van der Waals surface area contributed by atoms with Gasteiger partial charge in [-0.2, -0.15) is 4.98 Å². The first-order valence-electron chi connectivity index (χ1n) is 7.14. The third-order valence-electron chi connectivity index (χ3n) is 2.79. The molecule has 0 aliphatic rings. The third kappa shape index (κ3) is 5.87. The van der Waals surface area contributed by atoms with Gasteiger partial charge in [0.05, 0.1) is 0 Å². The van der Waals surface area contributed by atoms with Crippen LogP contribution in [0.25, 0.3) is 0 Å². The van der Waals surface area contributed by atoms with Gasteiger partial charge in [0, 0.05) is 32.4 Å². The van der Waals surface area contributed by atoms with Crippen molar-refractivity contribution in [2.45, 2.75) is 26.7 Å². The molecule has 19 heavy (non-hydrogen) atoms. The van der Waals surface area contributed by atoms with Gasteiger partial charge >= 0.3 is 0 Å². The first-order chi connectivity index (χ1) is 9.17. The third-order valence-corrected chi connectivity index (χ3v) is 2.79. The van der Waals surface area contributed by atoms with E-state index in [0.29, 0.717) is 0 Å². The Morgan fingerprint density at radius 3 is 2.37 bits per heavy atom. The number of rotatable bonds is 9. The fourth-order valence-electron chi connectivity index (χ4n) is 1.88. The Hall–Kier alpha value is -1.36. The van der Waals surface area contributed by atoms with Gasteiger partial charge in [0.1, 0.15) is 5.82 Å². The highest BCUT2D eigenvalue weighted by Crippen LogP contribution is 2.13. The fraction of sp³-hybridized carbons (Fsp3) is 0.714. The van der Waals surface area contributed by atoms with Crippen molar-refractivity contribution >= 4 is 11.8 Å². The number of likely N-dealkylation sites (N-methyl/N-ethyl adjacent to an activating group) is 1. The average Bonchev–Trinajstić information content (AvgIpc) is 2.38. The maximum absolute atomic E-state index is 4.59. The minimum absolute atomic E-state index is 0.719. The molecule has 0 saturated carbocycles. The molecule has 1 heterocycles. The van der Waals surface area contributed by atoms with E-state index >= 15 is 0 Å². The second-order valence-electron chi connectivity index (χ2n) is 4.96. The molecular formula is C14H27N5. The van der Waals surface area contributed by atoms with Crippen molar-refractivity contribution in [1.29, 1.82) is 0 Å². The summed E-state index contributed by atoms with van der Waals surface area (Å²) >= 11 is 0. The normalized spacial score (nSPS) is 10.8. The highest BCUT2D eigenvalue weighted by atomic mass is 15.2. The summed E-state index contributed by atoms with van der Waals surface area (Å²) in [5, 5.41) is 3.26. The van der Waals surface area contributed by atoms with Crippen LogP contribution in [-0.4, -0.2) is 55.1 Å². The molecule has 0 radical (unpaired) electrons. The van der Waals surface area contributed by atoms with E-state index in [-0.39, 0.29) is 0 Å². The molecule has 5 nitrogen and oxygen atoms in total. The molecule has 108 valence electrons. The molecule has 0 unspecified atom stereocenters. The molecule has 0 saturated heterocycles. The minimum atomic E-state index is 0.719. The SMILES string of the molecule is CCCN(CCC)c1ccnc(NCCN(C)C)n1. The molecule has 0 atom stereocenters. The van der Waals surface area contributed by atoms with Crippen LogP contribution in [0.4, 0.5) is 11.8 Å². The summed E-state index contributed by atoms with van der Waals surface area (Å²) in [6.45, 7) is 8.31. The summed E-state index contributed by atoms with van der Waals surface area (Å²) in [5.41, 5.74) is 0. The Balaban J connectivity index is 2.63. The molecule has 1 aromatic heterocycles. The number of hydrogen-bond acceptors (Lipinski definition) is 5. The highest BCUT2D eigenvalue weighted by molar-refractivity contribution is 5.42. The first-order valence-corrected chi connectivity index (χ1v) is 7.14. The maximum atomic E-state index is 4.59. The average molecular weight is 265 g/mol. The number of nitrogens with one attached hydrogen (secondary N) is 1. The van der Waals surface area contributed by atoms with E-state index in [0.717, 1.165) is 50.8 Å². The lowest BCUT2D eigenvalue weighted by atomic mass is 10.3. The predicted molar refractivity (Wildman–Crippen MR) is 81.9 cm³/mol. The van der Waals surface area contributed by atoms with E-state index in [1.807, 2.05) is 12.3 Å². The molecule has 0 spiro atoms. The second-order valence-corrected chi connectivity index (χ2v) is 4.96. The molecular weight excluding hydrogens is 238 g/mol. The van der Waals surface area contributed by atoms with Gasteiger partial charge in [-0.05, 0) is 33.0 Å². The Morgan fingerprint density at radius 2 is 1.79 bits per heavy atom. The van der Waals surface area contributed by atoms with E-state index in [2.05, 4.69) is 53.0 Å². The van der Waals surface area contributed by atoms with Crippen LogP contribution in [0.1, 0.15) is 26.7 Å². The molecule has 0 aliphatic carbocycles. The van der Waals surface area contributed by atoms with Gasteiger partial charge in [0.25, 0.3) is 0 Å². The van der Waals surface area contributed by atoms with Crippen LogP contribution >= 0.6 is 0 Å². The molecule has 5 heteroatoms. The fourth-order valence-corrected chi connectivity index (χ4v) is 1.88. The van der Waals surface area contributed by atoms with Crippen LogP contribution in [0.15, 0.2) is 12.3 Å². The number of nitrogens with zero attached hydrogens (tertiary/aromatic N) is 4. The monoisotopic (exact) mass is 265 g/mol. The molecule has 1 aromatic rings. The van der Waals surface area contributed by atoms with E-state index in [1.165, 1.54) is 0 Å². The maximum Gasteiger partial charge on any atom is 0.224 e. The Kier molecular flexibility index (Phi) is 7.18. The van der Waals surface area contributed by atoms with Crippen molar-refractivity contribution in [3.8, 4) is 0 Å². The lowest BCUT2D eigenvalue weighted by molar-refractivity contribution is 0.425. The second kappa shape index (κ2) is 8.69. The summed E-state index contributed by atoms with van der Waals surface area (Å²) in [5.74, 6) is 1.74. The van der Waals surface area contributed by atoms with Crippen molar-refractivity contribution in [3.63, 3.8) is 0 Å². The highest BCUT2D eigenvalue weighted by Gasteiger charge is 2.07. The number of hydrogen-bond donors (Lipinski definition) is 1. The molecule has 0 bridgehead atoms. The molecule has 0 aromatic carbocycles. The van der Waals surface area contributed by atoms with Crippen LogP contribution in [0.3, 0.4) is 0 Å². The lowest BCUT2D eigenvalue weighted by Crippen LogP contribution is -2.26.